The highest BCUT2D eigenvalue weighted by Gasteiger charge is 2.22. The molecule has 0 aliphatic heterocycles. The first-order valence-corrected chi connectivity index (χ1v) is 5.46. The van der Waals surface area contributed by atoms with Gasteiger partial charge in [0, 0.05) is 0 Å². The normalized spacial score (nSPS) is 14.8. The average molecular weight is 214 g/mol. The van der Waals surface area contributed by atoms with Gasteiger partial charge in [0.2, 0.25) is 5.91 Å². The van der Waals surface area contributed by atoms with Gasteiger partial charge in [0.15, 0.2) is 5.78 Å². The van der Waals surface area contributed by atoms with E-state index in [0.29, 0.717) is 6.42 Å². The van der Waals surface area contributed by atoms with E-state index in [1.165, 1.54) is 6.92 Å². The molecule has 0 unspecified atom stereocenters. The number of amides is 1. The number of hydrogen-bond acceptors (Lipinski definition) is 3. The van der Waals surface area contributed by atoms with Gasteiger partial charge in [-0.05, 0) is 19.3 Å². The van der Waals surface area contributed by atoms with Gasteiger partial charge < -0.3 is 11.1 Å². The number of carbonyl (C=O) groups excluding carboxylic acids is 2. The Labute approximate surface area is 91.6 Å². The maximum absolute atomic E-state index is 11.6. The summed E-state index contributed by atoms with van der Waals surface area (Å²) < 4.78 is 0. The molecule has 88 valence electrons. The molecular formula is C11H22N2O2. The summed E-state index contributed by atoms with van der Waals surface area (Å²) in [5, 5.41) is 2.68. The molecule has 1 amide bonds. The zero-order valence-corrected chi connectivity index (χ0v) is 10.0. The second-order valence-electron chi connectivity index (χ2n) is 4.23. The summed E-state index contributed by atoms with van der Waals surface area (Å²) in [6.07, 6.45) is 1.54. The van der Waals surface area contributed by atoms with E-state index in [4.69, 9.17) is 5.73 Å². The van der Waals surface area contributed by atoms with Crippen molar-refractivity contribution >= 4 is 11.7 Å². The summed E-state index contributed by atoms with van der Waals surface area (Å²) >= 11 is 0. The highest BCUT2D eigenvalue weighted by atomic mass is 16.2. The highest BCUT2D eigenvalue weighted by Crippen LogP contribution is 2.02. The van der Waals surface area contributed by atoms with Crippen LogP contribution in [0.1, 0.15) is 40.5 Å². The molecule has 4 heteroatoms. The molecule has 0 spiro atoms. The number of nitrogens with one attached hydrogen (secondary N) is 1. The molecule has 0 saturated carbocycles. The summed E-state index contributed by atoms with van der Waals surface area (Å²) in [6.45, 7) is 7.23. The molecule has 0 rings (SSSR count). The van der Waals surface area contributed by atoms with Crippen molar-refractivity contribution in [1.29, 1.82) is 0 Å². The monoisotopic (exact) mass is 214 g/mol. The van der Waals surface area contributed by atoms with Crippen LogP contribution in [-0.2, 0) is 9.59 Å². The van der Waals surface area contributed by atoms with Crippen molar-refractivity contribution in [1.82, 2.24) is 5.32 Å². The molecule has 0 bridgehead atoms. The zero-order chi connectivity index (χ0) is 12.0. The Morgan fingerprint density at radius 3 is 2.20 bits per heavy atom. The minimum atomic E-state index is -0.538. The van der Waals surface area contributed by atoms with E-state index in [0.717, 1.165) is 6.42 Å². The van der Waals surface area contributed by atoms with Gasteiger partial charge >= 0.3 is 0 Å². The number of hydrogen-bond donors (Lipinski definition) is 2. The predicted molar refractivity (Wildman–Crippen MR) is 60.3 cm³/mol. The van der Waals surface area contributed by atoms with Crippen LogP contribution < -0.4 is 11.1 Å². The fourth-order valence-electron chi connectivity index (χ4n) is 1.24. The van der Waals surface area contributed by atoms with Crippen molar-refractivity contribution < 1.29 is 9.59 Å². The van der Waals surface area contributed by atoms with E-state index >= 15 is 0 Å². The smallest absolute Gasteiger partial charge is 0.237 e. The van der Waals surface area contributed by atoms with E-state index in [-0.39, 0.29) is 23.7 Å². The molecule has 0 aromatic rings. The quantitative estimate of drug-likeness (QED) is 0.688. The summed E-state index contributed by atoms with van der Waals surface area (Å²) in [6, 6.07) is -0.920. The molecule has 0 radical (unpaired) electrons. The minimum Gasteiger partial charge on any atom is -0.345 e. The zero-order valence-electron chi connectivity index (χ0n) is 10.0. The van der Waals surface area contributed by atoms with Crippen LogP contribution in [0.3, 0.4) is 0 Å². The minimum absolute atomic E-state index is 0.0128. The number of rotatable bonds is 6. The van der Waals surface area contributed by atoms with Crippen molar-refractivity contribution in [2.45, 2.75) is 52.6 Å². The van der Waals surface area contributed by atoms with Gasteiger partial charge in [-0.15, -0.1) is 0 Å². The lowest BCUT2D eigenvalue weighted by Gasteiger charge is -2.20. The van der Waals surface area contributed by atoms with Crippen LogP contribution in [0.2, 0.25) is 0 Å². The van der Waals surface area contributed by atoms with Crippen molar-refractivity contribution in [2.24, 2.45) is 11.7 Å². The fourth-order valence-corrected chi connectivity index (χ4v) is 1.24. The van der Waals surface area contributed by atoms with Crippen LogP contribution in [-0.4, -0.2) is 23.8 Å². The maximum atomic E-state index is 11.6. The van der Waals surface area contributed by atoms with Gasteiger partial charge in [-0.25, -0.2) is 0 Å². The second-order valence-corrected chi connectivity index (χ2v) is 4.23. The van der Waals surface area contributed by atoms with Crippen LogP contribution in [0.5, 0.6) is 0 Å². The first-order chi connectivity index (χ1) is 6.90. The van der Waals surface area contributed by atoms with E-state index < -0.39 is 6.04 Å². The molecule has 0 fully saturated rings. The molecule has 15 heavy (non-hydrogen) atoms. The molecule has 0 aromatic carbocycles. The number of nitrogens with two attached hydrogens (primary N) is 1. The standard InChI is InChI=1S/C11H22N2O2/c1-5-6-9(8(4)14)13-11(15)10(12)7(2)3/h7,9-10H,5-6,12H2,1-4H3,(H,13,15)/t9-,10+/m0/s1. The van der Waals surface area contributed by atoms with Crippen LogP contribution >= 0.6 is 0 Å². The molecule has 0 aliphatic rings. The SMILES string of the molecule is CCC[C@H](NC(=O)[C@H](N)C(C)C)C(C)=O. The predicted octanol–water partition coefficient (Wildman–Crippen LogP) is 0.844. The number of carbonyl (C=O) groups is 2. The first-order valence-electron chi connectivity index (χ1n) is 5.46. The van der Waals surface area contributed by atoms with Crippen molar-refractivity contribution in [3.05, 3.63) is 0 Å². The van der Waals surface area contributed by atoms with Crippen molar-refractivity contribution in [2.75, 3.05) is 0 Å². The van der Waals surface area contributed by atoms with Gasteiger partial charge in [-0.3, -0.25) is 9.59 Å². The van der Waals surface area contributed by atoms with Gasteiger partial charge in [-0.2, -0.15) is 0 Å². The topological polar surface area (TPSA) is 72.2 Å². The summed E-state index contributed by atoms with van der Waals surface area (Å²) in [5.41, 5.74) is 5.68. The Morgan fingerprint density at radius 2 is 1.87 bits per heavy atom. The molecule has 4 nitrogen and oxygen atoms in total. The third-order valence-electron chi connectivity index (χ3n) is 2.41. The fraction of sp³-hybridized carbons (Fsp3) is 0.818. The molecule has 0 heterocycles. The summed E-state index contributed by atoms with van der Waals surface area (Å²) in [4.78, 5) is 22.8. The van der Waals surface area contributed by atoms with Crippen LogP contribution in [0.15, 0.2) is 0 Å². The lowest BCUT2D eigenvalue weighted by atomic mass is 10.0. The van der Waals surface area contributed by atoms with Gasteiger partial charge in [0.05, 0.1) is 12.1 Å². The second kappa shape index (κ2) is 6.56. The largest absolute Gasteiger partial charge is 0.345 e. The van der Waals surface area contributed by atoms with Crippen molar-refractivity contribution in [3.63, 3.8) is 0 Å². The van der Waals surface area contributed by atoms with E-state index in [1.807, 2.05) is 20.8 Å². The number of ketones is 1. The van der Waals surface area contributed by atoms with Crippen molar-refractivity contribution in [3.8, 4) is 0 Å². The Kier molecular flexibility index (Phi) is 6.17. The molecule has 0 aromatic heterocycles. The van der Waals surface area contributed by atoms with E-state index in [2.05, 4.69) is 5.32 Å². The average Bonchev–Trinajstić information content (AvgIpc) is 2.15. The van der Waals surface area contributed by atoms with Gasteiger partial charge in [0.1, 0.15) is 0 Å². The Hall–Kier alpha value is -0.900. The summed E-state index contributed by atoms with van der Waals surface area (Å²) in [5.74, 6) is -0.168. The molecular weight excluding hydrogens is 192 g/mol. The summed E-state index contributed by atoms with van der Waals surface area (Å²) in [7, 11) is 0. The van der Waals surface area contributed by atoms with E-state index in [9.17, 15) is 9.59 Å². The lowest BCUT2D eigenvalue weighted by Crippen LogP contribution is -2.49. The van der Waals surface area contributed by atoms with Crippen LogP contribution in [0.25, 0.3) is 0 Å². The van der Waals surface area contributed by atoms with Crippen LogP contribution in [0.4, 0.5) is 0 Å². The van der Waals surface area contributed by atoms with Crippen LogP contribution in [0, 0.1) is 5.92 Å². The highest BCUT2D eigenvalue weighted by molar-refractivity contribution is 5.89. The third kappa shape index (κ3) is 4.93. The van der Waals surface area contributed by atoms with E-state index in [1.54, 1.807) is 0 Å². The molecule has 3 N–H and O–H groups in total. The Balaban J connectivity index is 4.28. The molecule has 0 aliphatic carbocycles. The molecule has 2 atom stereocenters. The maximum Gasteiger partial charge on any atom is 0.237 e. The Morgan fingerprint density at radius 1 is 1.33 bits per heavy atom. The molecule has 0 saturated heterocycles. The Bertz CT molecular complexity index is 227. The lowest BCUT2D eigenvalue weighted by molar-refractivity contribution is -0.128. The first kappa shape index (κ1) is 14.1. The number of Topliss-reactive ketones (excluding diaryl/α,β-unsaturated/α-hetero) is 1. The van der Waals surface area contributed by atoms with Gasteiger partial charge in [-0.1, -0.05) is 27.2 Å². The third-order valence-corrected chi connectivity index (χ3v) is 2.41. The van der Waals surface area contributed by atoms with Gasteiger partial charge in [0.25, 0.3) is 0 Å².